The summed E-state index contributed by atoms with van der Waals surface area (Å²) in [6.45, 7) is 4.57. The van der Waals surface area contributed by atoms with Gasteiger partial charge in [-0.05, 0) is 20.3 Å². The van der Waals surface area contributed by atoms with Crippen molar-refractivity contribution in [2.24, 2.45) is 0 Å². The van der Waals surface area contributed by atoms with Crippen LogP contribution in [0.1, 0.15) is 20.3 Å². The van der Waals surface area contributed by atoms with Crippen molar-refractivity contribution in [2.45, 2.75) is 32.9 Å². The van der Waals surface area contributed by atoms with Crippen LogP contribution in [0.5, 0.6) is 0 Å². The zero-order chi connectivity index (χ0) is 15.8. The first-order valence-corrected chi connectivity index (χ1v) is 6.63. The first kappa shape index (κ1) is 16.8. The highest BCUT2D eigenvalue weighted by atomic mass is 16.6. The number of carbonyl (C=O) groups excluding carboxylic acids is 1. The molecule has 0 bridgehead atoms. The molecule has 0 saturated heterocycles. The van der Waals surface area contributed by atoms with Gasteiger partial charge in [0.2, 0.25) is 5.91 Å². The Balaban J connectivity index is 2.46. The molecule has 8 nitrogen and oxygen atoms in total. The zero-order valence-electron chi connectivity index (χ0n) is 12.1. The standard InChI is InChI=1S/C13H19N3O5/c1-10(2)21-7-3-6-14-12(17)9-15-8-11(16(19)20)4-5-13(15)18/h4-5,8,10H,3,6-7,9H2,1-2H3,(H,14,17). The topological polar surface area (TPSA) is 103 Å². The summed E-state index contributed by atoms with van der Waals surface area (Å²) in [7, 11) is 0. The van der Waals surface area contributed by atoms with Gasteiger partial charge in [0.05, 0.1) is 17.2 Å². The highest BCUT2D eigenvalue weighted by molar-refractivity contribution is 5.75. The maximum Gasteiger partial charge on any atom is 0.285 e. The summed E-state index contributed by atoms with van der Waals surface area (Å²) < 4.78 is 6.33. The molecular weight excluding hydrogens is 278 g/mol. The summed E-state index contributed by atoms with van der Waals surface area (Å²) in [5, 5.41) is 13.3. The van der Waals surface area contributed by atoms with Gasteiger partial charge in [0, 0.05) is 25.3 Å². The molecule has 0 atom stereocenters. The number of rotatable bonds is 8. The fourth-order valence-electron chi connectivity index (χ4n) is 1.58. The lowest BCUT2D eigenvalue weighted by atomic mass is 10.4. The van der Waals surface area contributed by atoms with E-state index < -0.39 is 10.5 Å². The minimum atomic E-state index is -0.614. The Bertz CT molecular complexity index is 553. The molecule has 0 aliphatic carbocycles. The summed E-state index contributed by atoms with van der Waals surface area (Å²) in [6, 6.07) is 2.18. The molecule has 0 spiro atoms. The number of nitrogens with one attached hydrogen (secondary N) is 1. The molecule has 1 aromatic rings. The van der Waals surface area contributed by atoms with Crippen LogP contribution in [0, 0.1) is 10.1 Å². The van der Waals surface area contributed by atoms with Gasteiger partial charge in [0.25, 0.3) is 11.2 Å². The average molecular weight is 297 g/mol. The Morgan fingerprint density at radius 2 is 2.19 bits per heavy atom. The lowest BCUT2D eigenvalue weighted by molar-refractivity contribution is -0.385. The molecule has 0 aromatic carbocycles. The van der Waals surface area contributed by atoms with Crippen molar-refractivity contribution in [2.75, 3.05) is 13.2 Å². The van der Waals surface area contributed by atoms with Crippen molar-refractivity contribution < 1.29 is 14.5 Å². The first-order chi connectivity index (χ1) is 9.90. The third-order valence-electron chi connectivity index (χ3n) is 2.59. The number of hydrogen-bond acceptors (Lipinski definition) is 5. The van der Waals surface area contributed by atoms with Gasteiger partial charge >= 0.3 is 0 Å². The molecule has 0 fully saturated rings. The van der Waals surface area contributed by atoms with Crippen LogP contribution in [0.4, 0.5) is 5.69 Å². The summed E-state index contributed by atoms with van der Waals surface area (Å²) in [5.41, 5.74) is -0.688. The van der Waals surface area contributed by atoms with Gasteiger partial charge in [0.1, 0.15) is 6.54 Å². The molecule has 0 unspecified atom stereocenters. The molecule has 1 aromatic heterocycles. The van der Waals surface area contributed by atoms with Crippen LogP contribution in [0.2, 0.25) is 0 Å². The van der Waals surface area contributed by atoms with Gasteiger partial charge in [-0.3, -0.25) is 24.3 Å². The van der Waals surface area contributed by atoms with Gasteiger partial charge in [-0.25, -0.2) is 0 Å². The average Bonchev–Trinajstić information content (AvgIpc) is 2.40. The van der Waals surface area contributed by atoms with E-state index in [9.17, 15) is 19.7 Å². The molecule has 0 aliphatic rings. The number of carbonyl (C=O) groups is 1. The van der Waals surface area contributed by atoms with Gasteiger partial charge in [0.15, 0.2) is 0 Å². The number of nitrogens with zero attached hydrogens (tertiary/aromatic N) is 2. The van der Waals surface area contributed by atoms with Gasteiger partial charge < -0.3 is 10.1 Å². The van der Waals surface area contributed by atoms with Crippen molar-refractivity contribution in [3.05, 3.63) is 38.8 Å². The second kappa shape index (κ2) is 8.15. The quantitative estimate of drug-likeness (QED) is 0.432. The van der Waals surface area contributed by atoms with E-state index in [-0.39, 0.29) is 24.2 Å². The number of nitro groups is 1. The Labute approximate surface area is 121 Å². The molecule has 21 heavy (non-hydrogen) atoms. The second-order valence-electron chi connectivity index (χ2n) is 4.73. The van der Waals surface area contributed by atoms with Gasteiger partial charge in [-0.2, -0.15) is 0 Å². The molecule has 1 rings (SSSR count). The van der Waals surface area contributed by atoms with E-state index in [1.165, 1.54) is 0 Å². The summed E-state index contributed by atoms with van der Waals surface area (Å²) >= 11 is 0. The molecule has 1 amide bonds. The number of aromatic nitrogens is 1. The van der Waals surface area contributed by atoms with Gasteiger partial charge in [-0.15, -0.1) is 0 Å². The fraction of sp³-hybridized carbons (Fsp3) is 0.538. The molecule has 0 aliphatic heterocycles. The number of ether oxygens (including phenoxy) is 1. The lowest BCUT2D eigenvalue weighted by Gasteiger charge is -2.09. The molecule has 8 heteroatoms. The van der Waals surface area contributed by atoms with E-state index in [0.717, 1.165) is 22.9 Å². The normalized spacial score (nSPS) is 10.6. The second-order valence-corrected chi connectivity index (χ2v) is 4.73. The van der Waals surface area contributed by atoms with Crippen molar-refractivity contribution in [3.63, 3.8) is 0 Å². The number of pyridine rings is 1. The summed E-state index contributed by atoms with van der Waals surface area (Å²) in [6.07, 6.45) is 1.86. The van der Waals surface area contributed by atoms with Crippen LogP contribution >= 0.6 is 0 Å². The first-order valence-electron chi connectivity index (χ1n) is 6.63. The number of hydrogen-bond donors (Lipinski definition) is 1. The monoisotopic (exact) mass is 297 g/mol. The van der Waals surface area contributed by atoms with E-state index in [1.54, 1.807) is 0 Å². The molecule has 116 valence electrons. The summed E-state index contributed by atoms with van der Waals surface area (Å²) in [5.74, 6) is -0.373. The third-order valence-corrected chi connectivity index (χ3v) is 2.59. The Morgan fingerprint density at radius 3 is 2.81 bits per heavy atom. The largest absolute Gasteiger partial charge is 0.379 e. The molecule has 1 heterocycles. The van der Waals surface area contributed by atoms with Crippen LogP contribution in [0.3, 0.4) is 0 Å². The van der Waals surface area contributed by atoms with Gasteiger partial charge in [-0.1, -0.05) is 0 Å². The van der Waals surface area contributed by atoms with Crippen molar-refractivity contribution in [1.29, 1.82) is 0 Å². The lowest BCUT2D eigenvalue weighted by Crippen LogP contribution is -2.32. The Kier molecular flexibility index (Phi) is 6.54. The molecule has 0 radical (unpaired) electrons. The van der Waals surface area contributed by atoms with E-state index in [0.29, 0.717) is 19.6 Å². The smallest absolute Gasteiger partial charge is 0.285 e. The summed E-state index contributed by atoms with van der Waals surface area (Å²) in [4.78, 5) is 33.2. The maximum atomic E-state index is 11.7. The van der Waals surface area contributed by atoms with Crippen molar-refractivity contribution >= 4 is 11.6 Å². The minimum absolute atomic E-state index is 0.143. The van der Waals surface area contributed by atoms with E-state index in [2.05, 4.69) is 5.32 Å². The van der Waals surface area contributed by atoms with Crippen LogP contribution < -0.4 is 10.9 Å². The highest BCUT2D eigenvalue weighted by Crippen LogP contribution is 2.05. The highest BCUT2D eigenvalue weighted by Gasteiger charge is 2.10. The third kappa shape index (κ3) is 6.17. The van der Waals surface area contributed by atoms with Crippen LogP contribution in [-0.2, 0) is 16.1 Å². The van der Waals surface area contributed by atoms with Crippen molar-refractivity contribution in [1.82, 2.24) is 9.88 Å². The Hall–Kier alpha value is -2.22. The zero-order valence-corrected chi connectivity index (χ0v) is 12.1. The van der Waals surface area contributed by atoms with Crippen LogP contribution in [0.15, 0.2) is 23.1 Å². The molecular formula is C13H19N3O5. The van der Waals surface area contributed by atoms with E-state index in [1.807, 2.05) is 13.8 Å². The number of amides is 1. The fourth-order valence-corrected chi connectivity index (χ4v) is 1.58. The SMILES string of the molecule is CC(C)OCCCNC(=O)Cn1cc([N+](=O)[O-])ccc1=O. The minimum Gasteiger partial charge on any atom is -0.379 e. The van der Waals surface area contributed by atoms with Crippen LogP contribution in [-0.4, -0.2) is 34.7 Å². The molecule has 1 N–H and O–H groups in total. The van der Waals surface area contributed by atoms with Crippen LogP contribution in [0.25, 0.3) is 0 Å². The predicted molar refractivity (Wildman–Crippen MR) is 76.1 cm³/mol. The van der Waals surface area contributed by atoms with Crippen molar-refractivity contribution in [3.8, 4) is 0 Å². The van der Waals surface area contributed by atoms with E-state index in [4.69, 9.17) is 4.74 Å². The molecule has 0 saturated carbocycles. The predicted octanol–water partition coefficient (Wildman–Crippen LogP) is 0.688. The Morgan fingerprint density at radius 1 is 1.48 bits per heavy atom. The van der Waals surface area contributed by atoms with E-state index >= 15 is 0 Å². The maximum absolute atomic E-state index is 11.7.